The van der Waals surface area contributed by atoms with Crippen molar-refractivity contribution in [1.29, 1.82) is 0 Å². The van der Waals surface area contributed by atoms with Crippen LogP contribution in [0.1, 0.15) is 11.3 Å². The molecule has 3 rings (SSSR count). The minimum atomic E-state index is 1.05. The molecule has 0 N–H and O–H groups in total. The van der Waals surface area contributed by atoms with Gasteiger partial charge in [0.05, 0.1) is 5.69 Å². The van der Waals surface area contributed by atoms with E-state index in [9.17, 15) is 0 Å². The van der Waals surface area contributed by atoms with E-state index in [4.69, 9.17) is 0 Å². The van der Waals surface area contributed by atoms with Crippen LogP contribution in [-0.2, 0) is 0 Å². The molecule has 0 unspecified atom stereocenters. The van der Waals surface area contributed by atoms with E-state index in [1.165, 1.54) is 22.3 Å². The lowest BCUT2D eigenvalue weighted by atomic mass is 10.1. The lowest BCUT2D eigenvalue weighted by Gasteiger charge is -2.05. The molecular weight excluding hydrogens is 208 g/mol. The summed E-state index contributed by atoms with van der Waals surface area (Å²) in [5.74, 6) is 0. The van der Waals surface area contributed by atoms with Gasteiger partial charge in [0.2, 0.25) is 0 Å². The Labute approximate surface area is 101 Å². The highest BCUT2D eigenvalue weighted by atomic mass is 14.9. The van der Waals surface area contributed by atoms with Crippen LogP contribution in [0.5, 0.6) is 0 Å². The molecule has 3 aromatic rings. The fraction of sp³-hybridized carbons (Fsp3) is 0.133. The second-order valence-corrected chi connectivity index (χ2v) is 4.36. The number of hydrogen-bond donors (Lipinski definition) is 0. The molecule has 0 aliphatic carbocycles. The van der Waals surface area contributed by atoms with E-state index in [-0.39, 0.29) is 0 Å². The van der Waals surface area contributed by atoms with Crippen LogP contribution in [-0.4, -0.2) is 9.38 Å². The molecule has 0 saturated heterocycles. The molecule has 0 aliphatic rings. The second kappa shape index (κ2) is 3.74. The van der Waals surface area contributed by atoms with Crippen molar-refractivity contribution in [2.75, 3.05) is 0 Å². The lowest BCUT2D eigenvalue weighted by Crippen LogP contribution is -1.90. The number of pyridine rings is 2. The van der Waals surface area contributed by atoms with Gasteiger partial charge in [0.25, 0.3) is 0 Å². The molecule has 0 radical (unpaired) electrons. The SMILES string of the molecule is Cc1cc(-c2c(C)cc3ccccn23)ccn1. The van der Waals surface area contributed by atoms with Crippen molar-refractivity contribution in [2.24, 2.45) is 0 Å². The van der Waals surface area contributed by atoms with Gasteiger partial charge in [-0.25, -0.2) is 0 Å². The van der Waals surface area contributed by atoms with Crippen LogP contribution in [0.15, 0.2) is 48.8 Å². The maximum atomic E-state index is 4.25. The summed E-state index contributed by atoms with van der Waals surface area (Å²) in [4.78, 5) is 4.25. The van der Waals surface area contributed by atoms with Crippen molar-refractivity contribution >= 4 is 5.52 Å². The van der Waals surface area contributed by atoms with Crippen molar-refractivity contribution in [3.05, 3.63) is 60.0 Å². The summed E-state index contributed by atoms with van der Waals surface area (Å²) < 4.78 is 2.23. The van der Waals surface area contributed by atoms with E-state index in [1.807, 2.05) is 13.1 Å². The summed E-state index contributed by atoms with van der Waals surface area (Å²) >= 11 is 0. The first-order chi connectivity index (χ1) is 8.25. The number of rotatable bonds is 1. The minimum absolute atomic E-state index is 1.05. The Morgan fingerprint density at radius 2 is 1.94 bits per heavy atom. The Morgan fingerprint density at radius 3 is 2.76 bits per heavy atom. The summed E-state index contributed by atoms with van der Waals surface area (Å²) in [6.45, 7) is 4.17. The Hall–Kier alpha value is -2.09. The first kappa shape index (κ1) is 10.1. The Morgan fingerprint density at radius 1 is 1.06 bits per heavy atom. The standard InChI is InChI=1S/C15H14N2/c1-11-9-14-5-3-4-8-17(14)15(11)13-6-7-16-12(2)10-13/h3-10H,1-2H3. The molecular formula is C15H14N2. The van der Waals surface area contributed by atoms with Gasteiger partial charge in [0, 0.05) is 29.2 Å². The molecule has 0 fully saturated rings. The average Bonchev–Trinajstić information content (AvgIpc) is 2.64. The topological polar surface area (TPSA) is 17.3 Å². The van der Waals surface area contributed by atoms with E-state index in [0.717, 1.165) is 5.69 Å². The summed E-state index contributed by atoms with van der Waals surface area (Å²) in [5, 5.41) is 0. The van der Waals surface area contributed by atoms with Gasteiger partial charge in [-0.15, -0.1) is 0 Å². The molecule has 2 nitrogen and oxygen atoms in total. The van der Waals surface area contributed by atoms with Crippen LogP contribution in [0.4, 0.5) is 0 Å². The Balaban J connectivity index is 2.33. The van der Waals surface area contributed by atoms with Crippen LogP contribution in [0.2, 0.25) is 0 Å². The fourth-order valence-corrected chi connectivity index (χ4v) is 2.32. The van der Waals surface area contributed by atoms with Crippen molar-refractivity contribution < 1.29 is 0 Å². The van der Waals surface area contributed by atoms with Crippen LogP contribution < -0.4 is 0 Å². The normalized spacial score (nSPS) is 10.9. The Kier molecular flexibility index (Phi) is 2.22. The number of aryl methyl sites for hydroxylation is 2. The molecule has 3 aromatic heterocycles. The summed E-state index contributed by atoms with van der Waals surface area (Å²) in [5.41, 5.74) is 6.05. The molecule has 0 amide bonds. The summed E-state index contributed by atoms with van der Waals surface area (Å²) in [7, 11) is 0. The lowest BCUT2D eigenvalue weighted by molar-refractivity contribution is 1.16. The van der Waals surface area contributed by atoms with Gasteiger partial charge in [-0.05, 0) is 49.7 Å². The maximum Gasteiger partial charge on any atom is 0.0558 e. The summed E-state index contributed by atoms with van der Waals surface area (Å²) in [6.07, 6.45) is 3.97. The molecule has 2 heteroatoms. The van der Waals surface area contributed by atoms with Crippen LogP contribution in [0, 0.1) is 13.8 Å². The van der Waals surface area contributed by atoms with Gasteiger partial charge in [-0.2, -0.15) is 0 Å². The molecule has 84 valence electrons. The van der Waals surface area contributed by atoms with Crippen molar-refractivity contribution in [1.82, 2.24) is 9.38 Å². The Bertz CT molecular complexity index is 680. The zero-order valence-electron chi connectivity index (χ0n) is 10.0. The van der Waals surface area contributed by atoms with Gasteiger partial charge in [0.15, 0.2) is 0 Å². The zero-order chi connectivity index (χ0) is 11.8. The van der Waals surface area contributed by atoms with Crippen LogP contribution in [0.25, 0.3) is 16.8 Å². The molecule has 17 heavy (non-hydrogen) atoms. The fourth-order valence-electron chi connectivity index (χ4n) is 2.32. The van der Waals surface area contributed by atoms with Gasteiger partial charge < -0.3 is 4.40 Å². The zero-order valence-corrected chi connectivity index (χ0v) is 10.0. The molecule has 0 aliphatic heterocycles. The van der Waals surface area contributed by atoms with Crippen molar-refractivity contribution in [3.63, 3.8) is 0 Å². The third kappa shape index (κ3) is 1.62. The quantitative estimate of drug-likeness (QED) is 0.614. The smallest absolute Gasteiger partial charge is 0.0558 e. The highest BCUT2D eigenvalue weighted by molar-refractivity contribution is 5.71. The molecule has 0 atom stereocenters. The number of hydrogen-bond acceptors (Lipinski definition) is 1. The molecule has 0 aromatic carbocycles. The predicted molar refractivity (Wildman–Crippen MR) is 70.1 cm³/mol. The molecule has 0 bridgehead atoms. The van der Waals surface area contributed by atoms with Gasteiger partial charge in [-0.3, -0.25) is 4.98 Å². The number of aromatic nitrogens is 2. The first-order valence-electron chi connectivity index (χ1n) is 5.75. The van der Waals surface area contributed by atoms with E-state index < -0.39 is 0 Å². The van der Waals surface area contributed by atoms with Crippen molar-refractivity contribution in [3.8, 4) is 11.3 Å². The van der Waals surface area contributed by atoms with Crippen LogP contribution >= 0.6 is 0 Å². The number of fused-ring (bicyclic) bond motifs is 1. The third-order valence-electron chi connectivity index (χ3n) is 3.04. The first-order valence-corrected chi connectivity index (χ1v) is 5.75. The number of nitrogens with zero attached hydrogens (tertiary/aromatic N) is 2. The molecule has 0 spiro atoms. The van der Waals surface area contributed by atoms with E-state index in [2.05, 4.69) is 58.9 Å². The van der Waals surface area contributed by atoms with Gasteiger partial charge >= 0.3 is 0 Å². The second-order valence-electron chi connectivity index (χ2n) is 4.36. The van der Waals surface area contributed by atoms with E-state index in [1.54, 1.807) is 0 Å². The monoisotopic (exact) mass is 222 g/mol. The third-order valence-corrected chi connectivity index (χ3v) is 3.04. The van der Waals surface area contributed by atoms with Crippen LogP contribution in [0.3, 0.4) is 0 Å². The predicted octanol–water partition coefficient (Wildman–Crippen LogP) is 3.62. The highest BCUT2D eigenvalue weighted by Crippen LogP contribution is 2.26. The molecule has 3 heterocycles. The molecule has 0 saturated carbocycles. The summed E-state index contributed by atoms with van der Waals surface area (Å²) in [6, 6.07) is 12.7. The maximum absolute atomic E-state index is 4.25. The minimum Gasteiger partial charge on any atom is -0.316 e. The largest absolute Gasteiger partial charge is 0.316 e. The van der Waals surface area contributed by atoms with Crippen molar-refractivity contribution in [2.45, 2.75) is 13.8 Å². The highest BCUT2D eigenvalue weighted by Gasteiger charge is 2.08. The van der Waals surface area contributed by atoms with E-state index >= 15 is 0 Å². The van der Waals surface area contributed by atoms with Gasteiger partial charge in [0.1, 0.15) is 0 Å². The van der Waals surface area contributed by atoms with E-state index in [0.29, 0.717) is 0 Å². The van der Waals surface area contributed by atoms with Gasteiger partial charge in [-0.1, -0.05) is 6.07 Å². The average molecular weight is 222 g/mol.